The van der Waals surface area contributed by atoms with Crippen LogP contribution >= 0.6 is 27.3 Å². The van der Waals surface area contributed by atoms with Gasteiger partial charge >= 0.3 is 6.18 Å². The van der Waals surface area contributed by atoms with Gasteiger partial charge in [0.25, 0.3) is 0 Å². The molecule has 1 aromatic heterocycles. The molecule has 0 amide bonds. The topological polar surface area (TPSA) is 12.9 Å². The van der Waals surface area contributed by atoms with E-state index in [1.54, 1.807) is 6.92 Å². The molecule has 12 heavy (non-hydrogen) atoms. The Morgan fingerprint density at radius 2 is 2.17 bits per heavy atom. The number of nitrogens with zero attached hydrogens (tertiary/aromatic N) is 1. The first-order valence-corrected chi connectivity index (χ1v) is 4.81. The molecule has 6 heteroatoms. The first-order valence-electron chi connectivity index (χ1n) is 3.08. The maximum atomic E-state index is 12.0. The van der Waals surface area contributed by atoms with E-state index in [0.717, 1.165) is 0 Å². The van der Waals surface area contributed by atoms with Crippen molar-refractivity contribution in [2.24, 2.45) is 0 Å². The van der Waals surface area contributed by atoms with Gasteiger partial charge in [-0.25, -0.2) is 4.98 Å². The second-order valence-corrected chi connectivity index (χ2v) is 4.62. The first kappa shape index (κ1) is 9.98. The van der Waals surface area contributed by atoms with Crippen LogP contribution in [-0.4, -0.2) is 4.98 Å². The maximum absolute atomic E-state index is 12.0. The van der Waals surface area contributed by atoms with Crippen LogP contribution in [0.1, 0.15) is 21.6 Å². The van der Waals surface area contributed by atoms with Crippen molar-refractivity contribution in [3.63, 3.8) is 0 Å². The summed E-state index contributed by atoms with van der Waals surface area (Å²) in [7, 11) is 0. The summed E-state index contributed by atoms with van der Waals surface area (Å²) >= 11 is 3.83. The van der Waals surface area contributed by atoms with E-state index in [2.05, 4.69) is 20.9 Å². The summed E-state index contributed by atoms with van der Waals surface area (Å²) in [6.45, 7) is 1.76. The minimum Gasteiger partial charge on any atom is -0.240 e. The minimum atomic E-state index is -4.31. The molecule has 0 radical (unpaired) electrons. The summed E-state index contributed by atoms with van der Waals surface area (Å²) in [5, 5.41) is -0.788. The lowest BCUT2D eigenvalue weighted by atomic mass is 10.4. The summed E-state index contributed by atoms with van der Waals surface area (Å²) in [5.74, 6) is 0. The van der Waals surface area contributed by atoms with E-state index in [4.69, 9.17) is 0 Å². The number of alkyl halides is 4. The zero-order valence-corrected chi connectivity index (χ0v) is 8.42. The van der Waals surface area contributed by atoms with E-state index in [1.807, 2.05) is 0 Å². The fourth-order valence-electron chi connectivity index (χ4n) is 0.602. The Hall–Kier alpha value is -0.100. The van der Waals surface area contributed by atoms with Crippen LogP contribution in [-0.2, 0) is 6.18 Å². The molecule has 0 bridgehead atoms. The van der Waals surface area contributed by atoms with Crippen LogP contribution in [0, 0.1) is 0 Å². The van der Waals surface area contributed by atoms with Gasteiger partial charge in [0, 0.05) is 15.9 Å². The van der Waals surface area contributed by atoms with Crippen molar-refractivity contribution in [3.8, 4) is 0 Å². The Balaban J connectivity index is 2.92. The average molecular weight is 260 g/mol. The number of halogens is 4. The Kier molecular flexibility index (Phi) is 2.77. The highest BCUT2D eigenvalue weighted by Gasteiger charge is 2.34. The fraction of sp³-hybridized carbons (Fsp3) is 0.500. The summed E-state index contributed by atoms with van der Waals surface area (Å²) < 4.78 is 36.0. The minimum absolute atomic E-state index is 0.0777. The molecule has 0 aliphatic heterocycles. The van der Waals surface area contributed by atoms with Crippen molar-refractivity contribution in [2.45, 2.75) is 17.9 Å². The number of aromatic nitrogens is 1. The van der Waals surface area contributed by atoms with Gasteiger partial charge in [-0.05, 0) is 6.92 Å². The predicted octanol–water partition coefficient (Wildman–Crippen LogP) is 3.62. The highest BCUT2D eigenvalue weighted by Crippen LogP contribution is 2.36. The van der Waals surface area contributed by atoms with Crippen LogP contribution in [0.4, 0.5) is 13.2 Å². The number of rotatable bonds is 1. The van der Waals surface area contributed by atoms with Crippen molar-refractivity contribution >= 4 is 27.3 Å². The Morgan fingerprint density at radius 3 is 2.42 bits per heavy atom. The smallest absolute Gasteiger partial charge is 0.240 e. The molecule has 0 aliphatic rings. The quantitative estimate of drug-likeness (QED) is 0.703. The predicted molar refractivity (Wildman–Crippen MR) is 44.5 cm³/mol. The van der Waals surface area contributed by atoms with Gasteiger partial charge in [0.1, 0.15) is 0 Å². The third kappa shape index (κ3) is 2.20. The highest BCUT2D eigenvalue weighted by atomic mass is 79.9. The standard InChI is InChI=1S/C6H5BrF3NS/c1-3(7)4-2-11-5(12-4)6(8,9)10/h2-3H,1H3. The molecule has 1 unspecified atom stereocenters. The van der Waals surface area contributed by atoms with E-state index in [1.165, 1.54) is 6.20 Å². The van der Waals surface area contributed by atoms with Crippen LogP contribution < -0.4 is 0 Å². The first-order chi connectivity index (χ1) is 5.41. The molecular weight excluding hydrogens is 255 g/mol. The molecule has 68 valence electrons. The fourth-order valence-corrected chi connectivity index (χ4v) is 1.71. The lowest BCUT2D eigenvalue weighted by molar-refractivity contribution is -0.137. The molecule has 1 atom stereocenters. The van der Waals surface area contributed by atoms with Gasteiger partial charge in [-0.15, -0.1) is 11.3 Å². The van der Waals surface area contributed by atoms with Gasteiger partial charge in [0.05, 0.1) is 0 Å². The largest absolute Gasteiger partial charge is 0.443 e. The molecule has 0 fully saturated rings. The summed E-state index contributed by atoms with van der Waals surface area (Å²) in [5.41, 5.74) is 0. The van der Waals surface area contributed by atoms with Gasteiger partial charge in [0.2, 0.25) is 0 Å². The molecule has 1 nitrogen and oxygen atoms in total. The zero-order valence-electron chi connectivity index (χ0n) is 6.02. The van der Waals surface area contributed by atoms with Gasteiger partial charge in [-0.1, -0.05) is 15.9 Å². The molecule has 0 saturated carbocycles. The molecule has 0 spiro atoms. The van der Waals surface area contributed by atoms with Crippen LogP contribution in [0.3, 0.4) is 0 Å². The molecule has 1 rings (SSSR count). The van der Waals surface area contributed by atoms with Crippen LogP contribution in [0.25, 0.3) is 0 Å². The summed E-state index contributed by atoms with van der Waals surface area (Å²) in [6, 6.07) is 0. The average Bonchev–Trinajstić information content (AvgIpc) is 2.30. The summed E-state index contributed by atoms with van der Waals surface area (Å²) in [6.07, 6.45) is -3.07. The monoisotopic (exact) mass is 259 g/mol. The van der Waals surface area contributed by atoms with E-state index >= 15 is 0 Å². The molecule has 0 saturated heterocycles. The normalized spacial score (nSPS) is 14.8. The maximum Gasteiger partial charge on any atom is 0.443 e. The van der Waals surface area contributed by atoms with Crippen molar-refractivity contribution < 1.29 is 13.2 Å². The number of hydrogen-bond acceptors (Lipinski definition) is 2. The Bertz CT molecular complexity index is 268. The zero-order chi connectivity index (χ0) is 9.35. The van der Waals surface area contributed by atoms with Gasteiger partial charge in [-0.3, -0.25) is 0 Å². The van der Waals surface area contributed by atoms with E-state index in [9.17, 15) is 13.2 Å². The van der Waals surface area contributed by atoms with E-state index < -0.39 is 11.2 Å². The van der Waals surface area contributed by atoms with E-state index in [-0.39, 0.29) is 4.83 Å². The van der Waals surface area contributed by atoms with Crippen LogP contribution in [0.2, 0.25) is 0 Å². The lowest BCUT2D eigenvalue weighted by Crippen LogP contribution is -2.02. The number of thiazole rings is 1. The van der Waals surface area contributed by atoms with Crippen molar-refractivity contribution in [1.82, 2.24) is 4.98 Å². The van der Waals surface area contributed by atoms with Gasteiger partial charge in [0.15, 0.2) is 5.01 Å². The summed E-state index contributed by atoms with van der Waals surface area (Å²) in [4.78, 5) is 3.78. The number of hydrogen-bond donors (Lipinski definition) is 0. The van der Waals surface area contributed by atoms with E-state index in [0.29, 0.717) is 16.2 Å². The van der Waals surface area contributed by atoms with Crippen LogP contribution in [0.5, 0.6) is 0 Å². The molecule has 0 aromatic carbocycles. The Labute approximate surface area is 79.8 Å². The van der Waals surface area contributed by atoms with Gasteiger partial charge in [-0.2, -0.15) is 13.2 Å². The van der Waals surface area contributed by atoms with Crippen molar-refractivity contribution in [3.05, 3.63) is 16.1 Å². The molecule has 1 heterocycles. The van der Waals surface area contributed by atoms with Crippen molar-refractivity contribution in [1.29, 1.82) is 0 Å². The third-order valence-electron chi connectivity index (χ3n) is 1.16. The Morgan fingerprint density at radius 1 is 1.58 bits per heavy atom. The second kappa shape index (κ2) is 3.33. The third-order valence-corrected chi connectivity index (χ3v) is 3.18. The molecule has 0 N–H and O–H groups in total. The van der Waals surface area contributed by atoms with Crippen LogP contribution in [0.15, 0.2) is 6.20 Å². The van der Waals surface area contributed by atoms with Crippen molar-refractivity contribution in [2.75, 3.05) is 0 Å². The molecule has 0 aliphatic carbocycles. The molecule has 1 aromatic rings. The highest BCUT2D eigenvalue weighted by molar-refractivity contribution is 9.09. The molecular formula is C6H5BrF3NS. The lowest BCUT2D eigenvalue weighted by Gasteiger charge is -1.99. The SMILES string of the molecule is CC(Br)c1cnc(C(F)(F)F)s1. The van der Waals surface area contributed by atoms with Gasteiger partial charge < -0.3 is 0 Å². The second-order valence-electron chi connectivity index (χ2n) is 2.18.